The molecule has 23 heavy (non-hydrogen) atoms. The molecule has 0 unspecified atom stereocenters. The van der Waals surface area contributed by atoms with Crippen molar-refractivity contribution in [3.63, 3.8) is 0 Å². The highest BCUT2D eigenvalue weighted by molar-refractivity contribution is 5.69. The Bertz CT molecular complexity index is 615. The van der Waals surface area contributed by atoms with Crippen LogP contribution in [0.1, 0.15) is 11.1 Å². The largest absolute Gasteiger partial charge is 0.445 e. The summed E-state index contributed by atoms with van der Waals surface area (Å²) in [6, 6.07) is 17.7. The lowest BCUT2D eigenvalue weighted by Crippen LogP contribution is -2.45. The van der Waals surface area contributed by atoms with E-state index in [4.69, 9.17) is 4.74 Å². The number of benzene rings is 2. The number of carbonyl (C=O) groups excluding carboxylic acids is 2. The normalized spacial score (nSPS) is 12.9. The summed E-state index contributed by atoms with van der Waals surface area (Å²) in [7, 11) is 0. The highest BCUT2D eigenvalue weighted by Gasteiger charge is 2.22. The van der Waals surface area contributed by atoms with Gasteiger partial charge in [0.25, 0.3) is 0 Å². The summed E-state index contributed by atoms with van der Waals surface area (Å²) in [5.74, 6) is 0. The van der Waals surface area contributed by atoms with Crippen LogP contribution in [-0.2, 0) is 22.6 Å². The van der Waals surface area contributed by atoms with E-state index in [9.17, 15) is 14.7 Å². The number of carbonyl (C=O) groups is 1. The molecular formula is C18H18NO4. The molecule has 0 heterocycles. The molecule has 119 valence electrons. The molecule has 0 aliphatic carbocycles. The Labute approximate surface area is 134 Å². The number of ether oxygens (including phenoxy) is 1. The summed E-state index contributed by atoms with van der Waals surface area (Å²) in [4.78, 5) is 22.6. The lowest BCUT2D eigenvalue weighted by molar-refractivity contribution is 0.121. The second-order valence-corrected chi connectivity index (χ2v) is 5.06. The molecule has 0 saturated heterocycles. The summed E-state index contributed by atoms with van der Waals surface area (Å²) in [6.07, 6.45) is -0.305. The molecule has 5 nitrogen and oxygen atoms in total. The second kappa shape index (κ2) is 8.70. The molecule has 0 bridgehead atoms. The van der Waals surface area contributed by atoms with Gasteiger partial charge in [0.05, 0.1) is 6.04 Å². The van der Waals surface area contributed by atoms with E-state index in [0.717, 1.165) is 11.1 Å². The third-order valence-electron chi connectivity index (χ3n) is 3.32. The first-order valence-corrected chi connectivity index (χ1v) is 7.26. The maximum Gasteiger partial charge on any atom is 0.407 e. The fourth-order valence-corrected chi connectivity index (χ4v) is 2.11. The summed E-state index contributed by atoms with van der Waals surface area (Å²) in [6.45, 7) is 0.117. The van der Waals surface area contributed by atoms with E-state index in [1.54, 1.807) is 0 Å². The van der Waals surface area contributed by atoms with Crippen molar-refractivity contribution in [2.24, 2.45) is 0 Å². The van der Waals surface area contributed by atoms with Gasteiger partial charge in [0.15, 0.2) is 0 Å². The van der Waals surface area contributed by atoms with Gasteiger partial charge in [-0.25, -0.2) is 4.79 Å². The number of aliphatic hydroxyl groups excluding tert-OH is 1. The van der Waals surface area contributed by atoms with Crippen molar-refractivity contribution in [1.82, 2.24) is 5.32 Å². The third kappa shape index (κ3) is 5.56. The Hall–Kier alpha value is -2.66. The Morgan fingerprint density at radius 3 is 2.17 bits per heavy atom. The molecule has 2 rings (SSSR count). The quantitative estimate of drug-likeness (QED) is 0.820. The average molecular weight is 312 g/mol. The summed E-state index contributed by atoms with van der Waals surface area (Å²) in [5, 5.41) is 12.2. The summed E-state index contributed by atoms with van der Waals surface area (Å²) < 4.78 is 5.10. The summed E-state index contributed by atoms with van der Waals surface area (Å²) in [5.41, 5.74) is 1.74. The van der Waals surface area contributed by atoms with Crippen molar-refractivity contribution in [2.75, 3.05) is 0 Å². The van der Waals surface area contributed by atoms with Crippen LogP contribution in [0.25, 0.3) is 0 Å². The zero-order valence-electron chi connectivity index (χ0n) is 12.5. The van der Waals surface area contributed by atoms with Crippen LogP contribution in [0.5, 0.6) is 0 Å². The molecule has 0 aliphatic rings. The van der Waals surface area contributed by atoms with Crippen LogP contribution in [0.4, 0.5) is 4.79 Å². The van der Waals surface area contributed by atoms with Crippen LogP contribution in [0.2, 0.25) is 0 Å². The van der Waals surface area contributed by atoms with Gasteiger partial charge in [-0.2, -0.15) is 0 Å². The van der Waals surface area contributed by atoms with Crippen LogP contribution < -0.4 is 5.32 Å². The number of hydrogen-bond donors (Lipinski definition) is 2. The van der Waals surface area contributed by atoms with Gasteiger partial charge in [0.2, 0.25) is 6.29 Å². The first-order valence-electron chi connectivity index (χ1n) is 7.26. The molecule has 0 saturated carbocycles. The number of rotatable bonds is 7. The predicted molar refractivity (Wildman–Crippen MR) is 85.4 cm³/mol. The maximum atomic E-state index is 11.9. The molecule has 0 aromatic heterocycles. The van der Waals surface area contributed by atoms with Crippen LogP contribution in [0, 0.1) is 0 Å². The molecule has 2 aromatic carbocycles. The molecule has 1 radical (unpaired) electrons. The molecule has 5 heteroatoms. The standard InChI is InChI=1S/C18H18NO4/c20-12-17(21)16(11-14-7-3-1-4-8-14)19-18(22)23-13-15-9-5-2-6-10-15/h1-10,16-17,21H,11,13H2,(H,19,22)/t16-,17-/m1/s1. The molecule has 2 aromatic rings. The predicted octanol–water partition coefficient (Wildman–Crippen LogP) is 1.99. The van der Waals surface area contributed by atoms with E-state index in [2.05, 4.69) is 5.32 Å². The molecule has 2 atom stereocenters. The van der Waals surface area contributed by atoms with Crippen molar-refractivity contribution in [2.45, 2.75) is 25.2 Å². The lowest BCUT2D eigenvalue weighted by Gasteiger charge is -2.20. The molecule has 0 spiro atoms. The highest BCUT2D eigenvalue weighted by Crippen LogP contribution is 2.07. The Morgan fingerprint density at radius 1 is 1.04 bits per heavy atom. The fraction of sp³-hybridized carbons (Fsp3) is 0.222. The molecule has 0 aliphatic heterocycles. The van der Waals surface area contributed by atoms with Crippen molar-refractivity contribution < 1.29 is 19.4 Å². The van der Waals surface area contributed by atoms with Gasteiger partial charge < -0.3 is 15.2 Å². The molecule has 0 fully saturated rings. The summed E-state index contributed by atoms with van der Waals surface area (Å²) >= 11 is 0. The van der Waals surface area contributed by atoms with Crippen LogP contribution in [0.15, 0.2) is 60.7 Å². The smallest absolute Gasteiger partial charge is 0.407 e. The average Bonchev–Trinajstić information content (AvgIpc) is 2.60. The van der Waals surface area contributed by atoms with E-state index in [1.165, 1.54) is 6.29 Å². The lowest BCUT2D eigenvalue weighted by atomic mass is 10.0. The van der Waals surface area contributed by atoms with E-state index < -0.39 is 18.2 Å². The van der Waals surface area contributed by atoms with Crippen LogP contribution in [-0.4, -0.2) is 29.6 Å². The second-order valence-electron chi connectivity index (χ2n) is 5.06. The number of nitrogens with one attached hydrogen (secondary N) is 1. The topological polar surface area (TPSA) is 75.6 Å². The Kier molecular flexibility index (Phi) is 6.32. The highest BCUT2D eigenvalue weighted by atomic mass is 16.5. The van der Waals surface area contributed by atoms with Gasteiger partial charge in [-0.1, -0.05) is 60.7 Å². The Morgan fingerprint density at radius 2 is 1.61 bits per heavy atom. The first kappa shape index (κ1) is 16.7. The number of amides is 1. The van der Waals surface area contributed by atoms with E-state index in [1.807, 2.05) is 60.7 Å². The van der Waals surface area contributed by atoms with E-state index in [-0.39, 0.29) is 6.61 Å². The molecule has 2 N–H and O–H groups in total. The zero-order valence-corrected chi connectivity index (χ0v) is 12.5. The fourth-order valence-electron chi connectivity index (χ4n) is 2.11. The minimum Gasteiger partial charge on any atom is -0.445 e. The van der Waals surface area contributed by atoms with Crippen molar-refractivity contribution in [3.8, 4) is 0 Å². The third-order valence-corrected chi connectivity index (χ3v) is 3.32. The number of alkyl carbamates (subject to hydrolysis) is 1. The first-order chi connectivity index (χ1) is 11.2. The maximum absolute atomic E-state index is 11.9. The van der Waals surface area contributed by atoms with Crippen LogP contribution >= 0.6 is 0 Å². The van der Waals surface area contributed by atoms with Gasteiger partial charge in [0, 0.05) is 0 Å². The van der Waals surface area contributed by atoms with Gasteiger partial charge in [-0.15, -0.1) is 0 Å². The minimum absolute atomic E-state index is 0.117. The number of aliphatic hydroxyl groups is 1. The van der Waals surface area contributed by atoms with Gasteiger partial charge in [0.1, 0.15) is 12.7 Å². The molecule has 1 amide bonds. The van der Waals surface area contributed by atoms with E-state index >= 15 is 0 Å². The Balaban J connectivity index is 1.91. The van der Waals surface area contributed by atoms with Crippen molar-refractivity contribution in [3.05, 3.63) is 71.8 Å². The van der Waals surface area contributed by atoms with Crippen molar-refractivity contribution >= 4 is 12.4 Å². The van der Waals surface area contributed by atoms with Crippen molar-refractivity contribution in [1.29, 1.82) is 0 Å². The minimum atomic E-state index is -1.42. The van der Waals surface area contributed by atoms with Gasteiger partial charge in [-0.05, 0) is 17.5 Å². The zero-order chi connectivity index (χ0) is 16.5. The monoisotopic (exact) mass is 312 g/mol. The van der Waals surface area contributed by atoms with E-state index in [0.29, 0.717) is 6.42 Å². The number of hydrogen-bond acceptors (Lipinski definition) is 4. The van der Waals surface area contributed by atoms with Gasteiger partial charge >= 0.3 is 6.09 Å². The van der Waals surface area contributed by atoms with Gasteiger partial charge in [-0.3, -0.25) is 4.79 Å². The van der Waals surface area contributed by atoms with Crippen LogP contribution in [0.3, 0.4) is 0 Å². The SMILES string of the molecule is O=[C][C@@H](O)[C@@H](Cc1ccccc1)NC(=O)OCc1ccccc1. The molecular weight excluding hydrogens is 294 g/mol.